The minimum Gasteiger partial charge on any atom is -0.374 e. The van der Waals surface area contributed by atoms with Crippen molar-refractivity contribution in [2.75, 3.05) is 23.7 Å². The topological polar surface area (TPSA) is 67.4 Å². The molecule has 0 aliphatic carbocycles. The van der Waals surface area contributed by atoms with Crippen LogP contribution in [0.4, 0.5) is 16.5 Å². The SMILES string of the molecule is CCN(CC)c1ccc(C=Nc2cccc(-c3nnc(N)s3)c2)cc1. The van der Waals surface area contributed by atoms with Crippen LogP contribution in [0.1, 0.15) is 19.4 Å². The number of nitrogens with zero attached hydrogens (tertiary/aromatic N) is 4. The molecule has 0 unspecified atom stereocenters. The lowest BCUT2D eigenvalue weighted by Gasteiger charge is -2.20. The summed E-state index contributed by atoms with van der Waals surface area (Å²) in [4.78, 5) is 6.89. The average molecular weight is 351 g/mol. The van der Waals surface area contributed by atoms with Gasteiger partial charge in [-0.3, -0.25) is 4.99 Å². The number of aliphatic imine (C=N–C) groups is 1. The van der Waals surface area contributed by atoms with Crippen molar-refractivity contribution in [2.24, 2.45) is 4.99 Å². The van der Waals surface area contributed by atoms with Crippen LogP contribution in [0, 0.1) is 0 Å². The van der Waals surface area contributed by atoms with Gasteiger partial charge in [-0.1, -0.05) is 35.6 Å². The van der Waals surface area contributed by atoms with Gasteiger partial charge in [-0.25, -0.2) is 0 Å². The van der Waals surface area contributed by atoms with Crippen LogP contribution in [0.3, 0.4) is 0 Å². The molecule has 0 spiro atoms. The Morgan fingerprint density at radius 1 is 1.08 bits per heavy atom. The predicted octanol–water partition coefficient (Wildman–Crippen LogP) is 4.38. The molecule has 25 heavy (non-hydrogen) atoms. The van der Waals surface area contributed by atoms with Crippen LogP contribution in [0.15, 0.2) is 53.5 Å². The molecule has 3 rings (SSSR count). The molecule has 0 fully saturated rings. The Morgan fingerprint density at radius 2 is 1.84 bits per heavy atom. The van der Waals surface area contributed by atoms with E-state index in [-0.39, 0.29) is 0 Å². The van der Waals surface area contributed by atoms with Gasteiger partial charge >= 0.3 is 0 Å². The summed E-state index contributed by atoms with van der Waals surface area (Å²) in [6, 6.07) is 16.3. The fraction of sp³-hybridized carbons (Fsp3) is 0.211. The Bertz CT molecular complexity index is 850. The van der Waals surface area contributed by atoms with Crippen LogP contribution in [0.5, 0.6) is 0 Å². The Kier molecular flexibility index (Phi) is 5.40. The van der Waals surface area contributed by atoms with Crippen molar-refractivity contribution >= 4 is 34.1 Å². The first-order valence-corrected chi connectivity index (χ1v) is 9.09. The van der Waals surface area contributed by atoms with E-state index in [1.54, 1.807) is 0 Å². The molecule has 0 saturated heterocycles. The number of aromatic nitrogens is 2. The molecule has 0 aliphatic heterocycles. The largest absolute Gasteiger partial charge is 0.374 e. The molecule has 0 bridgehead atoms. The molecule has 3 aromatic rings. The van der Waals surface area contributed by atoms with Gasteiger partial charge in [0.25, 0.3) is 0 Å². The summed E-state index contributed by atoms with van der Waals surface area (Å²) < 4.78 is 0. The highest BCUT2D eigenvalue weighted by Gasteiger charge is 2.05. The van der Waals surface area contributed by atoms with E-state index in [2.05, 4.69) is 58.2 Å². The molecule has 0 amide bonds. The summed E-state index contributed by atoms with van der Waals surface area (Å²) in [5, 5.41) is 9.20. The van der Waals surface area contributed by atoms with Gasteiger partial charge in [0.05, 0.1) is 5.69 Å². The lowest BCUT2D eigenvalue weighted by Crippen LogP contribution is -2.21. The summed E-state index contributed by atoms with van der Waals surface area (Å²) in [5.74, 6) is 0. The average Bonchev–Trinajstić information content (AvgIpc) is 3.09. The van der Waals surface area contributed by atoms with Gasteiger partial charge in [-0.15, -0.1) is 10.2 Å². The van der Waals surface area contributed by atoms with Crippen molar-refractivity contribution < 1.29 is 0 Å². The third kappa shape index (κ3) is 4.22. The Labute approximate surface area is 151 Å². The molecule has 1 heterocycles. The third-order valence-corrected chi connectivity index (χ3v) is 4.72. The first-order valence-electron chi connectivity index (χ1n) is 8.28. The number of nitrogen functional groups attached to an aromatic ring is 1. The van der Waals surface area contributed by atoms with E-state index < -0.39 is 0 Å². The molecule has 2 N–H and O–H groups in total. The Hall–Kier alpha value is -2.73. The number of anilines is 2. The molecular formula is C19H21N5S. The van der Waals surface area contributed by atoms with Gasteiger partial charge in [0.15, 0.2) is 0 Å². The highest BCUT2D eigenvalue weighted by Crippen LogP contribution is 2.27. The maximum absolute atomic E-state index is 5.65. The normalized spacial score (nSPS) is 11.1. The van der Waals surface area contributed by atoms with Crippen molar-refractivity contribution in [1.82, 2.24) is 10.2 Å². The fourth-order valence-corrected chi connectivity index (χ4v) is 3.19. The fourth-order valence-electron chi connectivity index (χ4n) is 2.58. The van der Waals surface area contributed by atoms with Crippen LogP contribution >= 0.6 is 11.3 Å². The van der Waals surface area contributed by atoms with Crippen LogP contribution in [-0.4, -0.2) is 29.5 Å². The highest BCUT2D eigenvalue weighted by molar-refractivity contribution is 7.18. The summed E-state index contributed by atoms with van der Waals surface area (Å²) in [6.07, 6.45) is 1.87. The maximum atomic E-state index is 5.65. The van der Waals surface area contributed by atoms with Gasteiger partial charge in [-0.2, -0.15) is 0 Å². The molecule has 0 radical (unpaired) electrons. The molecule has 0 atom stereocenters. The van der Waals surface area contributed by atoms with Gasteiger partial charge in [0, 0.05) is 30.6 Å². The standard InChI is InChI=1S/C19H21N5S/c1-3-24(4-2)17-10-8-14(9-11-17)13-21-16-7-5-6-15(12-16)18-22-23-19(20)25-18/h5-13H,3-4H2,1-2H3,(H2,20,23). The number of nitrogens with two attached hydrogens (primary N) is 1. The van der Waals surface area contributed by atoms with Crippen LogP contribution in [-0.2, 0) is 0 Å². The van der Waals surface area contributed by atoms with Gasteiger partial charge < -0.3 is 10.6 Å². The van der Waals surface area contributed by atoms with Crippen molar-refractivity contribution in [3.8, 4) is 10.6 Å². The van der Waals surface area contributed by atoms with Crippen molar-refractivity contribution in [3.63, 3.8) is 0 Å². The van der Waals surface area contributed by atoms with E-state index in [1.807, 2.05) is 30.5 Å². The number of hydrogen-bond acceptors (Lipinski definition) is 6. The zero-order chi connectivity index (χ0) is 17.6. The van der Waals surface area contributed by atoms with Crippen LogP contribution < -0.4 is 10.6 Å². The van der Waals surface area contributed by atoms with E-state index >= 15 is 0 Å². The van der Waals surface area contributed by atoms with E-state index in [0.29, 0.717) is 5.13 Å². The molecule has 0 saturated carbocycles. The Morgan fingerprint density at radius 3 is 2.48 bits per heavy atom. The summed E-state index contributed by atoms with van der Waals surface area (Å²) in [5.41, 5.74) is 9.81. The second-order valence-electron chi connectivity index (χ2n) is 5.52. The van der Waals surface area contributed by atoms with Gasteiger partial charge in [-0.05, 0) is 43.7 Å². The number of hydrogen-bond donors (Lipinski definition) is 1. The van der Waals surface area contributed by atoms with Crippen molar-refractivity contribution in [2.45, 2.75) is 13.8 Å². The first-order chi connectivity index (χ1) is 12.2. The zero-order valence-corrected chi connectivity index (χ0v) is 15.2. The second-order valence-corrected chi connectivity index (χ2v) is 6.53. The Balaban J connectivity index is 1.76. The predicted molar refractivity (Wildman–Crippen MR) is 107 cm³/mol. The summed E-state index contributed by atoms with van der Waals surface area (Å²) in [6.45, 7) is 6.34. The molecule has 2 aromatic carbocycles. The molecular weight excluding hydrogens is 330 g/mol. The number of rotatable bonds is 6. The minimum absolute atomic E-state index is 0.470. The van der Waals surface area contributed by atoms with Crippen molar-refractivity contribution in [1.29, 1.82) is 0 Å². The maximum Gasteiger partial charge on any atom is 0.203 e. The molecule has 128 valence electrons. The van der Waals surface area contributed by atoms with Crippen LogP contribution in [0.25, 0.3) is 10.6 Å². The lowest BCUT2D eigenvalue weighted by molar-refractivity contribution is 0.866. The third-order valence-electron chi connectivity index (χ3n) is 3.92. The van der Waals surface area contributed by atoms with E-state index in [1.165, 1.54) is 17.0 Å². The zero-order valence-electron chi connectivity index (χ0n) is 14.4. The number of benzene rings is 2. The smallest absolute Gasteiger partial charge is 0.203 e. The monoisotopic (exact) mass is 351 g/mol. The highest BCUT2D eigenvalue weighted by atomic mass is 32.1. The van der Waals surface area contributed by atoms with E-state index in [9.17, 15) is 0 Å². The van der Waals surface area contributed by atoms with E-state index in [0.717, 1.165) is 34.9 Å². The molecule has 1 aromatic heterocycles. The first kappa shape index (κ1) is 17.1. The second kappa shape index (κ2) is 7.90. The van der Waals surface area contributed by atoms with Gasteiger partial charge in [0.2, 0.25) is 5.13 Å². The van der Waals surface area contributed by atoms with Crippen LogP contribution in [0.2, 0.25) is 0 Å². The van der Waals surface area contributed by atoms with Gasteiger partial charge in [0.1, 0.15) is 5.01 Å². The molecule has 5 nitrogen and oxygen atoms in total. The molecule has 0 aliphatic rings. The summed E-state index contributed by atoms with van der Waals surface area (Å²) >= 11 is 1.37. The summed E-state index contributed by atoms with van der Waals surface area (Å²) in [7, 11) is 0. The molecule has 6 heteroatoms. The van der Waals surface area contributed by atoms with Crippen molar-refractivity contribution in [3.05, 3.63) is 54.1 Å². The van der Waals surface area contributed by atoms with E-state index in [4.69, 9.17) is 5.73 Å². The quantitative estimate of drug-likeness (QED) is 0.669. The minimum atomic E-state index is 0.470. The lowest BCUT2D eigenvalue weighted by atomic mass is 10.2.